The molecule has 2 rings (SSSR count). The number of fused-ring (bicyclic) bond motifs is 1. The molecule has 0 saturated heterocycles. The van der Waals surface area contributed by atoms with Crippen molar-refractivity contribution in [1.29, 1.82) is 0 Å². The zero-order valence-electron chi connectivity index (χ0n) is 10.8. The lowest BCUT2D eigenvalue weighted by molar-refractivity contribution is 0.472. The second kappa shape index (κ2) is 4.84. The van der Waals surface area contributed by atoms with E-state index in [-0.39, 0.29) is 5.41 Å². The van der Waals surface area contributed by atoms with Crippen LogP contribution in [-0.2, 0) is 5.41 Å². The van der Waals surface area contributed by atoms with Gasteiger partial charge in [0.15, 0.2) is 0 Å². The molecule has 0 spiro atoms. The van der Waals surface area contributed by atoms with Gasteiger partial charge in [-0.15, -0.1) is 0 Å². The quantitative estimate of drug-likeness (QED) is 0.869. The highest BCUT2D eigenvalue weighted by Crippen LogP contribution is 2.32. The smallest absolute Gasteiger partial charge is 0.0346 e. The summed E-state index contributed by atoms with van der Waals surface area (Å²) in [6.45, 7) is 5.65. The van der Waals surface area contributed by atoms with Crippen molar-refractivity contribution in [3.8, 4) is 0 Å². The van der Waals surface area contributed by atoms with Crippen molar-refractivity contribution >= 4 is 10.8 Å². The Kier molecular flexibility index (Phi) is 3.43. The highest BCUT2D eigenvalue weighted by Gasteiger charge is 2.21. The summed E-state index contributed by atoms with van der Waals surface area (Å²) >= 11 is 0. The Morgan fingerprint density at radius 3 is 2.82 bits per heavy atom. The average molecular weight is 228 g/mol. The van der Waals surface area contributed by atoms with Gasteiger partial charge in [0.1, 0.15) is 0 Å². The number of aromatic nitrogens is 1. The Morgan fingerprint density at radius 2 is 2.06 bits per heavy atom. The molecule has 2 nitrogen and oxygen atoms in total. The number of nitrogens with zero attached hydrogens (tertiary/aromatic N) is 1. The zero-order valence-corrected chi connectivity index (χ0v) is 10.8. The lowest BCUT2D eigenvalue weighted by Gasteiger charge is -2.26. The van der Waals surface area contributed by atoms with Gasteiger partial charge in [-0.05, 0) is 42.4 Å². The van der Waals surface area contributed by atoms with Gasteiger partial charge in [0.25, 0.3) is 0 Å². The summed E-state index contributed by atoms with van der Waals surface area (Å²) in [5.74, 6) is 0. The third-order valence-corrected chi connectivity index (χ3v) is 3.41. The molecule has 90 valence electrons. The molecule has 1 aromatic carbocycles. The SMILES string of the molecule is CNCCC(C)(C)c1cccc2cnccc12. The highest BCUT2D eigenvalue weighted by atomic mass is 14.8. The van der Waals surface area contributed by atoms with Crippen LogP contribution in [0.3, 0.4) is 0 Å². The molecule has 0 bridgehead atoms. The fraction of sp³-hybridized carbons (Fsp3) is 0.400. The fourth-order valence-corrected chi connectivity index (χ4v) is 2.28. The molecule has 2 heteroatoms. The maximum atomic E-state index is 4.19. The molecule has 0 aliphatic rings. The lowest BCUT2D eigenvalue weighted by Crippen LogP contribution is -2.23. The number of hydrogen-bond acceptors (Lipinski definition) is 2. The molecule has 1 N–H and O–H groups in total. The molecule has 1 aromatic heterocycles. The van der Waals surface area contributed by atoms with Crippen LogP contribution in [0.4, 0.5) is 0 Å². The Hall–Kier alpha value is -1.41. The minimum Gasteiger partial charge on any atom is -0.320 e. The molecule has 0 saturated carbocycles. The first-order valence-corrected chi connectivity index (χ1v) is 6.13. The number of pyridine rings is 1. The summed E-state index contributed by atoms with van der Waals surface area (Å²) < 4.78 is 0. The largest absolute Gasteiger partial charge is 0.320 e. The first kappa shape index (κ1) is 12.1. The molecule has 0 amide bonds. The Labute approximate surface area is 103 Å². The average Bonchev–Trinajstić information content (AvgIpc) is 2.36. The summed E-state index contributed by atoms with van der Waals surface area (Å²) in [7, 11) is 2.00. The van der Waals surface area contributed by atoms with Crippen molar-refractivity contribution in [2.75, 3.05) is 13.6 Å². The van der Waals surface area contributed by atoms with Gasteiger partial charge in [0.2, 0.25) is 0 Å². The van der Waals surface area contributed by atoms with Crippen molar-refractivity contribution in [2.24, 2.45) is 0 Å². The van der Waals surface area contributed by atoms with Crippen LogP contribution in [-0.4, -0.2) is 18.6 Å². The zero-order chi connectivity index (χ0) is 12.3. The van der Waals surface area contributed by atoms with Gasteiger partial charge in [0.05, 0.1) is 0 Å². The normalized spacial score (nSPS) is 11.9. The minimum atomic E-state index is 0.184. The lowest BCUT2D eigenvalue weighted by atomic mass is 9.79. The van der Waals surface area contributed by atoms with E-state index in [2.05, 4.69) is 48.4 Å². The summed E-state index contributed by atoms with van der Waals surface area (Å²) in [5, 5.41) is 5.78. The third-order valence-electron chi connectivity index (χ3n) is 3.41. The van der Waals surface area contributed by atoms with Gasteiger partial charge in [-0.2, -0.15) is 0 Å². The van der Waals surface area contributed by atoms with E-state index < -0.39 is 0 Å². The Balaban J connectivity index is 2.47. The predicted octanol–water partition coefficient (Wildman–Crippen LogP) is 3.12. The summed E-state index contributed by atoms with van der Waals surface area (Å²) in [4.78, 5) is 4.19. The van der Waals surface area contributed by atoms with Crippen LogP contribution in [0.25, 0.3) is 10.8 Å². The maximum Gasteiger partial charge on any atom is 0.0346 e. The second-order valence-electron chi connectivity index (χ2n) is 5.14. The van der Waals surface area contributed by atoms with Gasteiger partial charge < -0.3 is 5.32 Å². The second-order valence-corrected chi connectivity index (χ2v) is 5.14. The van der Waals surface area contributed by atoms with Gasteiger partial charge in [-0.3, -0.25) is 4.98 Å². The van der Waals surface area contributed by atoms with E-state index in [1.807, 2.05) is 19.4 Å². The number of benzene rings is 1. The first-order chi connectivity index (χ1) is 8.15. The maximum absolute atomic E-state index is 4.19. The van der Waals surface area contributed by atoms with Crippen LogP contribution in [0.2, 0.25) is 0 Å². The monoisotopic (exact) mass is 228 g/mol. The Bertz CT molecular complexity index is 498. The van der Waals surface area contributed by atoms with E-state index in [0.29, 0.717) is 0 Å². The first-order valence-electron chi connectivity index (χ1n) is 6.13. The minimum absolute atomic E-state index is 0.184. The van der Waals surface area contributed by atoms with E-state index in [1.54, 1.807) is 0 Å². The standard InChI is InChI=1S/C15H20N2/c1-15(2,8-10-16-3)14-6-4-5-12-11-17-9-7-13(12)14/h4-7,9,11,16H,8,10H2,1-3H3. The van der Waals surface area contributed by atoms with Crippen molar-refractivity contribution in [3.05, 3.63) is 42.2 Å². The number of hydrogen-bond donors (Lipinski definition) is 1. The molecule has 0 fully saturated rings. The number of nitrogens with one attached hydrogen (secondary N) is 1. The van der Waals surface area contributed by atoms with Crippen LogP contribution in [0, 0.1) is 0 Å². The van der Waals surface area contributed by atoms with Crippen LogP contribution >= 0.6 is 0 Å². The molecule has 0 atom stereocenters. The van der Waals surface area contributed by atoms with Crippen LogP contribution in [0.15, 0.2) is 36.7 Å². The molecule has 17 heavy (non-hydrogen) atoms. The summed E-state index contributed by atoms with van der Waals surface area (Å²) in [6.07, 6.45) is 4.94. The van der Waals surface area contributed by atoms with E-state index in [0.717, 1.165) is 13.0 Å². The van der Waals surface area contributed by atoms with E-state index in [9.17, 15) is 0 Å². The molecule has 1 heterocycles. The molecule has 0 radical (unpaired) electrons. The van der Waals surface area contributed by atoms with Gasteiger partial charge in [-0.1, -0.05) is 32.0 Å². The van der Waals surface area contributed by atoms with Crippen molar-refractivity contribution < 1.29 is 0 Å². The Morgan fingerprint density at radius 1 is 1.24 bits per heavy atom. The van der Waals surface area contributed by atoms with Crippen molar-refractivity contribution in [3.63, 3.8) is 0 Å². The molecule has 2 aromatic rings. The predicted molar refractivity (Wildman–Crippen MR) is 73.3 cm³/mol. The summed E-state index contributed by atoms with van der Waals surface area (Å²) in [6, 6.07) is 8.60. The fourth-order valence-electron chi connectivity index (χ4n) is 2.28. The van der Waals surface area contributed by atoms with Crippen LogP contribution < -0.4 is 5.32 Å². The molecule has 0 unspecified atom stereocenters. The molecule has 0 aliphatic carbocycles. The topological polar surface area (TPSA) is 24.9 Å². The van der Waals surface area contributed by atoms with Crippen molar-refractivity contribution in [2.45, 2.75) is 25.7 Å². The van der Waals surface area contributed by atoms with Gasteiger partial charge >= 0.3 is 0 Å². The molecular weight excluding hydrogens is 208 g/mol. The molecule has 0 aliphatic heterocycles. The van der Waals surface area contributed by atoms with Gasteiger partial charge in [0, 0.05) is 17.8 Å². The van der Waals surface area contributed by atoms with E-state index in [4.69, 9.17) is 0 Å². The van der Waals surface area contributed by atoms with Gasteiger partial charge in [-0.25, -0.2) is 0 Å². The summed E-state index contributed by atoms with van der Waals surface area (Å²) in [5.41, 5.74) is 1.59. The highest BCUT2D eigenvalue weighted by molar-refractivity contribution is 5.85. The van der Waals surface area contributed by atoms with Crippen molar-refractivity contribution in [1.82, 2.24) is 10.3 Å². The number of rotatable bonds is 4. The molecular formula is C15H20N2. The van der Waals surface area contributed by atoms with E-state index in [1.165, 1.54) is 16.3 Å². The van der Waals surface area contributed by atoms with Crippen LogP contribution in [0.5, 0.6) is 0 Å². The van der Waals surface area contributed by atoms with Crippen LogP contribution in [0.1, 0.15) is 25.8 Å². The van der Waals surface area contributed by atoms with E-state index >= 15 is 0 Å². The third kappa shape index (κ3) is 2.47.